The number of amides is 1. The van der Waals surface area contributed by atoms with Crippen molar-refractivity contribution in [1.29, 1.82) is 0 Å². The van der Waals surface area contributed by atoms with Gasteiger partial charge in [-0.2, -0.15) is 5.10 Å². The Bertz CT molecular complexity index is 1370. The van der Waals surface area contributed by atoms with Crippen LogP contribution in [0.1, 0.15) is 5.56 Å². The highest BCUT2D eigenvalue weighted by Gasteiger charge is 2.18. The van der Waals surface area contributed by atoms with Crippen LogP contribution in [0.4, 0.5) is 5.69 Å². The fourth-order valence-corrected chi connectivity index (χ4v) is 3.90. The normalized spacial score (nSPS) is 11.2. The first-order valence-corrected chi connectivity index (χ1v) is 11.5. The van der Waals surface area contributed by atoms with Crippen molar-refractivity contribution in [2.75, 3.05) is 5.75 Å². The summed E-state index contributed by atoms with van der Waals surface area (Å²) in [5, 5.41) is 24.1. The van der Waals surface area contributed by atoms with Crippen LogP contribution in [-0.4, -0.2) is 37.6 Å². The quantitative estimate of drug-likeness (QED) is 0.159. The fraction of sp³-hybridized carbons (Fsp3) is 0.0400. The molecule has 0 spiro atoms. The molecular formula is C25H20N6O3S. The third-order valence-electron chi connectivity index (χ3n) is 4.73. The van der Waals surface area contributed by atoms with Crippen LogP contribution in [0.5, 0.6) is 0 Å². The summed E-state index contributed by atoms with van der Waals surface area (Å²) in [6.45, 7) is 0. The number of benzene rings is 3. The summed E-state index contributed by atoms with van der Waals surface area (Å²) in [4.78, 5) is 23.1. The van der Waals surface area contributed by atoms with Crippen LogP contribution in [0.25, 0.3) is 23.2 Å². The summed E-state index contributed by atoms with van der Waals surface area (Å²) in [6.07, 6.45) is 5.12. The Hall–Kier alpha value is -4.57. The first-order valence-electron chi connectivity index (χ1n) is 10.5. The number of carbonyl (C=O) groups is 1. The molecule has 1 amide bonds. The number of nitro benzene ring substituents is 1. The predicted molar refractivity (Wildman–Crippen MR) is 136 cm³/mol. The molecule has 0 atom stereocenters. The number of hydrazone groups is 1. The van der Waals surface area contributed by atoms with Crippen LogP contribution in [-0.2, 0) is 4.79 Å². The smallest absolute Gasteiger partial charge is 0.270 e. The first kappa shape index (κ1) is 23.6. The molecule has 0 aliphatic carbocycles. The Morgan fingerprint density at radius 2 is 1.77 bits per heavy atom. The molecule has 4 aromatic rings. The Morgan fingerprint density at radius 3 is 2.51 bits per heavy atom. The SMILES string of the molecule is O=C(CSc1nnc(-c2cccc([N+](=O)[O-])c2)n1-c1ccccc1)NN=CC=Cc1ccccc1. The maximum Gasteiger partial charge on any atom is 0.270 e. The highest BCUT2D eigenvalue weighted by Crippen LogP contribution is 2.29. The monoisotopic (exact) mass is 484 g/mol. The standard InChI is InChI=1S/C25H20N6O3S/c32-23(27-26-16-8-11-19-9-3-1-4-10-19)18-35-25-29-28-24(30(25)21-13-5-2-6-14-21)20-12-7-15-22(17-20)31(33)34/h1-17H,18H2,(H,27,32). The lowest BCUT2D eigenvalue weighted by Gasteiger charge is -2.10. The number of hydrogen-bond donors (Lipinski definition) is 1. The van der Waals surface area contributed by atoms with E-state index >= 15 is 0 Å². The largest absolute Gasteiger partial charge is 0.272 e. The van der Waals surface area contributed by atoms with Gasteiger partial charge in [0.15, 0.2) is 11.0 Å². The van der Waals surface area contributed by atoms with E-state index in [1.54, 1.807) is 22.8 Å². The van der Waals surface area contributed by atoms with E-state index in [1.807, 2.05) is 66.7 Å². The number of para-hydroxylation sites is 1. The van der Waals surface area contributed by atoms with Gasteiger partial charge >= 0.3 is 0 Å². The molecular weight excluding hydrogens is 464 g/mol. The zero-order chi connectivity index (χ0) is 24.5. The second-order valence-electron chi connectivity index (χ2n) is 7.16. The number of nitrogens with one attached hydrogen (secondary N) is 1. The van der Waals surface area contributed by atoms with Crippen molar-refractivity contribution in [3.05, 3.63) is 107 Å². The summed E-state index contributed by atoms with van der Waals surface area (Å²) >= 11 is 1.19. The van der Waals surface area contributed by atoms with Gasteiger partial charge in [0.1, 0.15) is 0 Å². The molecule has 0 radical (unpaired) electrons. The van der Waals surface area contributed by atoms with Crippen LogP contribution < -0.4 is 5.43 Å². The first-order chi connectivity index (χ1) is 17.1. The van der Waals surface area contributed by atoms with E-state index < -0.39 is 4.92 Å². The summed E-state index contributed by atoms with van der Waals surface area (Å²) in [5.41, 5.74) is 4.78. The number of allylic oxidation sites excluding steroid dienone is 1. The Labute approximate surface area is 205 Å². The van der Waals surface area contributed by atoms with Gasteiger partial charge in [-0.1, -0.05) is 78.5 Å². The van der Waals surface area contributed by atoms with Crippen molar-refractivity contribution < 1.29 is 9.72 Å². The van der Waals surface area contributed by atoms with Gasteiger partial charge < -0.3 is 0 Å². The van der Waals surface area contributed by atoms with Crippen molar-refractivity contribution in [3.8, 4) is 17.1 Å². The van der Waals surface area contributed by atoms with Gasteiger partial charge in [0, 0.05) is 29.6 Å². The molecule has 174 valence electrons. The van der Waals surface area contributed by atoms with E-state index in [-0.39, 0.29) is 17.3 Å². The summed E-state index contributed by atoms with van der Waals surface area (Å²) < 4.78 is 1.77. The van der Waals surface area contributed by atoms with Gasteiger partial charge in [0.25, 0.3) is 11.6 Å². The molecule has 0 saturated heterocycles. The fourth-order valence-electron chi connectivity index (χ4n) is 3.15. The molecule has 1 heterocycles. The Balaban J connectivity index is 1.47. The van der Waals surface area contributed by atoms with Gasteiger partial charge in [-0.15, -0.1) is 10.2 Å². The average Bonchev–Trinajstić information content (AvgIpc) is 3.32. The van der Waals surface area contributed by atoms with E-state index in [1.165, 1.54) is 30.1 Å². The topological polar surface area (TPSA) is 115 Å². The number of carbonyl (C=O) groups excluding carboxylic acids is 1. The molecule has 0 aliphatic rings. The second-order valence-corrected chi connectivity index (χ2v) is 8.10. The zero-order valence-corrected chi connectivity index (χ0v) is 19.2. The average molecular weight is 485 g/mol. The van der Waals surface area contributed by atoms with Crippen molar-refractivity contribution in [3.63, 3.8) is 0 Å². The molecule has 0 fully saturated rings. The van der Waals surface area contributed by atoms with Crippen LogP contribution >= 0.6 is 11.8 Å². The van der Waals surface area contributed by atoms with Crippen molar-refractivity contribution in [2.45, 2.75) is 5.16 Å². The number of non-ortho nitro benzene ring substituents is 1. The van der Waals surface area contributed by atoms with E-state index in [0.717, 1.165) is 11.3 Å². The number of thioether (sulfide) groups is 1. The molecule has 1 N–H and O–H groups in total. The van der Waals surface area contributed by atoms with Crippen molar-refractivity contribution in [1.82, 2.24) is 20.2 Å². The number of nitro groups is 1. The van der Waals surface area contributed by atoms with E-state index in [2.05, 4.69) is 20.7 Å². The molecule has 0 aliphatic heterocycles. The van der Waals surface area contributed by atoms with Gasteiger partial charge in [-0.3, -0.25) is 19.5 Å². The number of aromatic nitrogens is 3. The molecule has 0 saturated carbocycles. The Morgan fingerprint density at radius 1 is 1.03 bits per heavy atom. The summed E-state index contributed by atoms with van der Waals surface area (Å²) in [6, 6.07) is 25.3. The molecule has 0 bridgehead atoms. The number of hydrogen-bond acceptors (Lipinski definition) is 7. The lowest BCUT2D eigenvalue weighted by atomic mass is 10.2. The van der Waals surface area contributed by atoms with Gasteiger partial charge in [-0.25, -0.2) is 5.43 Å². The number of rotatable bonds is 9. The molecule has 0 unspecified atom stereocenters. The Kier molecular flexibility index (Phi) is 7.77. The molecule has 1 aromatic heterocycles. The maximum atomic E-state index is 12.3. The van der Waals surface area contributed by atoms with Crippen molar-refractivity contribution in [2.24, 2.45) is 5.10 Å². The summed E-state index contributed by atoms with van der Waals surface area (Å²) in [7, 11) is 0. The maximum absolute atomic E-state index is 12.3. The predicted octanol–water partition coefficient (Wildman–Crippen LogP) is 4.75. The minimum absolute atomic E-state index is 0.0436. The van der Waals surface area contributed by atoms with Crippen LogP contribution in [0, 0.1) is 10.1 Å². The lowest BCUT2D eigenvalue weighted by molar-refractivity contribution is -0.384. The van der Waals surface area contributed by atoms with E-state index in [4.69, 9.17) is 0 Å². The third-order valence-corrected chi connectivity index (χ3v) is 5.66. The highest BCUT2D eigenvalue weighted by atomic mass is 32.2. The third kappa shape index (κ3) is 6.27. The van der Waals surface area contributed by atoms with Crippen LogP contribution in [0.15, 0.2) is 101 Å². The van der Waals surface area contributed by atoms with E-state index in [9.17, 15) is 14.9 Å². The second kappa shape index (κ2) is 11.5. The summed E-state index contributed by atoms with van der Waals surface area (Å²) in [5.74, 6) is 0.186. The van der Waals surface area contributed by atoms with Crippen LogP contribution in [0.3, 0.4) is 0 Å². The van der Waals surface area contributed by atoms with E-state index in [0.29, 0.717) is 16.5 Å². The van der Waals surface area contributed by atoms with Gasteiger partial charge in [0.2, 0.25) is 0 Å². The number of nitrogens with zero attached hydrogens (tertiary/aromatic N) is 5. The molecule has 3 aromatic carbocycles. The molecule has 4 rings (SSSR count). The highest BCUT2D eigenvalue weighted by molar-refractivity contribution is 7.99. The van der Waals surface area contributed by atoms with Crippen molar-refractivity contribution >= 4 is 35.6 Å². The molecule has 10 heteroatoms. The molecule has 35 heavy (non-hydrogen) atoms. The minimum atomic E-state index is -0.456. The van der Waals surface area contributed by atoms with Crippen LogP contribution in [0.2, 0.25) is 0 Å². The molecule has 9 nitrogen and oxygen atoms in total. The minimum Gasteiger partial charge on any atom is -0.272 e. The van der Waals surface area contributed by atoms with Gasteiger partial charge in [0.05, 0.1) is 10.7 Å². The van der Waals surface area contributed by atoms with Gasteiger partial charge in [-0.05, 0) is 23.8 Å². The zero-order valence-electron chi connectivity index (χ0n) is 18.4. The lowest BCUT2D eigenvalue weighted by Crippen LogP contribution is -2.19.